The van der Waals surface area contributed by atoms with E-state index in [1.54, 1.807) is 19.1 Å². The fraction of sp³-hybridized carbons (Fsp3) is 0.214. The minimum absolute atomic E-state index is 0.185. The summed E-state index contributed by atoms with van der Waals surface area (Å²) in [5.74, 6) is -0.0168. The summed E-state index contributed by atoms with van der Waals surface area (Å²) in [6.45, 7) is 1.79. The van der Waals surface area contributed by atoms with Crippen molar-refractivity contribution >= 4 is 23.3 Å². The van der Waals surface area contributed by atoms with Gasteiger partial charge in [-0.25, -0.2) is 10.1 Å². The van der Waals surface area contributed by atoms with Crippen molar-refractivity contribution in [2.45, 2.75) is 19.3 Å². The van der Waals surface area contributed by atoms with Gasteiger partial charge in [0.1, 0.15) is 0 Å². The number of rotatable bonds is 1. The second kappa shape index (κ2) is 5.21. The van der Waals surface area contributed by atoms with E-state index in [2.05, 4.69) is 15.6 Å². The van der Waals surface area contributed by atoms with Crippen LogP contribution in [0.15, 0.2) is 40.2 Å². The second-order valence-electron chi connectivity index (χ2n) is 4.93. The number of carbonyl (C=O) groups excluding carboxylic acids is 1. The first-order valence-corrected chi connectivity index (χ1v) is 6.83. The van der Waals surface area contributed by atoms with Crippen LogP contribution < -0.4 is 11.0 Å². The minimum Gasteiger partial charge on any atom is -0.294 e. The van der Waals surface area contributed by atoms with Crippen LogP contribution in [0.1, 0.15) is 23.6 Å². The molecule has 2 aromatic rings. The summed E-state index contributed by atoms with van der Waals surface area (Å²) in [6, 6.07) is 8.66. The first-order valence-electron chi connectivity index (χ1n) is 6.45. The smallest absolute Gasteiger partial charge is 0.272 e. The normalized spacial score (nSPS) is 18.3. The summed E-state index contributed by atoms with van der Waals surface area (Å²) < 4.78 is 1.36. The fourth-order valence-electron chi connectivity index (χ4n) is 2.37. The molecular weight excluding hydrogens is 292 g/mol. The Bertz CT molecular complexity index is 773. The van der Waals surface area contributed by atoms with Gasteiger partial charge in [0.25, 0.3) is 5.56 Å². The highest BCUT2D eigenvalue weighted by molar-refractivity contribution is 6.30. The van der Waals surface area contributed by atoms with E-state index in [-0.39, 0.29) is 23.8 Å². The largest absolute Gasteiger partial charge is 0.294 e. The third-order valence-corrected chi connectivity index (χ3v) is 3.60. The minimum atomic E-state index is -0.299. The first-order chi connectivity index (χ1) is 10.0. The van der Waals surface area contributed by atoms with Crippen molar-refractivity contribution in [1.82, 2.24) is 15.2 Å². The number of benzene rings is 1. The van der Waals surface area contributed by atoms with Gasteiger partial charge in [-0.05, 0) is 24.6 Å². The van der Waals surface area contributed by atoms with Gasteiger partial charge in [-0.3, -0.25) is 14.7 Å². The molecule has 2 N–H and O–H groups in total. The molecule has 0 spiro atoms. The van der Waals surface area contributed by atoms with Crippen LogP contribution in [0.4, 0.5) is 0 Å². The van der Waals surface area contributed by atoms with Gasteiger partial charge in [0.2, 0.25) is 5.91 Å². The van der Waals surface area contributed by atoms with Crippen LogP contribution in [0, 0.1) is 6.92 Å². The Kier molecular flexibility index (Phi) is 3.39. The number of halogens is 1. The average Bonchev–Trinajstić information content (AvgIpc) is 2.78. The Balaban J connectivity index is 2.08. The Morgan fingerprint density at radius 2 is 2.00 bits per heavy atom. The van der Waals surface area contributed by atoms with E-state index in [1.165, 1.54) is 10.7 Å². The number of aromatic amines is 1. The number of hydrogen-bond acceptors (Lipinski definition) is 3. The van der Waals surface area contributed by atoms with Gasteiger partial charge in [0.05, 0.1) is 5.92 Å². The maximum Gasteiger partial charge on any atom is 0.272 e. The van der Waals surface area contributed by atoms with Crippen molar-refractivity contribution in [1.29, 1.82) is 0 Å². The number of nitrogens with one attached hydrogen (secondary N) is 2. The zero-order chi connectivity index (χ0) is 15.0. The molecule has 1 aromatic heterocycles. The molecule has 0 saturated heterocycles. The van der Waals surface area contributed by atoms with E-state index in [0.717, 1.165) is 11.3 Å². The van der Waals surface area contributed by atoms with Crippen molar-refractivity contribution in [3.63, 3.8) is 0 Å². The van der Waals surface area contributed by atoms with Crippen molar-refractivity contribution in [3.05, 3.63) is 57.0 Å². The van der Waals surface area contributed by atoms with Crippen molar-refractivity contribution in [3.8, 4) is 0 Å². The number of nitrogens with zero attached hydrogens (tertiary/aromatic N) is 2. The monoisotopic (exact) mass is 304 g/mol. The Hall–Kier alpha value is -2.34. The highest BCUT2D eigenvalue weighted by Gasteiger charge is 2.28. The third-order valence-electron chi connectivity index (χ3n) is 3.35. The van der Waals surface area contributed by atoms with Gasteiger partial charge in [0.15, 0.2) is 5.84 Å². The molecule has 7 heteroatoms. The molecule has 0 aliphatic carbocycles. The summed E-state index contributed by atoms with van der Waals surface area (Å²) in [6.07, 6.45) is 0.227. The summed E-state index contributed by atoms with van der Waals surface area (Å²) in [7, 11) is 0. The quantitative estimate of drug-likeness (QED) is 0.839. The van der Waals surface area contributed by atoms with Gasteiger partial charge in [-0.15, -0.1) is 0 Å². The molecule has 0 fully saturated rings. The zero-order valence-corrected chi connectivity index (χ0v) is 12.0. The Morgan fingerprint density at radius 1 is 1.29 bits per heavy atom. The summed E-state index contributed by atoms with van der Waals surface area (Å²) in [4.78, 5) is 23.6. The van der Waals surface area contributed by atoms with E-state index in [0.29, 0.717) is 10.9 Å². The van der Waals surface area contributed by atoms with Crippen LogP contribution in [0.2, 0.25) is 5.02 Å². The lowest BCUT2D eigenvalue weighted by Gasteiger charge is -2.23. The Labute approximate surface area is 125 Å². The number of aryl methyl sites for hydroxylation is 1. The molecular formula is C14H13ClN4O2. The van der Waals surface area contributed by atoms with Gasteiger partial charge in [0, 0.05) is 23.2 Å². The van der Waals surface area contributed by atoms with E-state index in [9.17, 15) is 9.59 Å². The number of H-pyrrole nitrogens is 1. The first kappa shape index (κ1) is 13.6. The molecule has 1 aromatic carbocycles. The van der Waals surface area contributed by atoms with E-state index in [4.69, 9.17) is 11.6 Å². The molecule has 0 saturated carbocycles. The number of carbonyl (C=O) groups is 1. The lowest BCUT2D eigenvalue weighted by atomic mass is 9.93. The number of hydrazone groups is 1. The van der Waals surface area contributed by atoms with Crippen molar-refractivity contribution in [2.24, 2.45) is 5.10 Å². The van der Waals surface area contributed by atoms with Crippen molar-refractivity contribution < 1.29 is 4.79 Å². The molecule has 0 radical (unpaired) electrons. The van der Waals surface area contributed by atoms with Crippen LogP contribution >= 0.6 is 11.6 Å². The highest BCUT2D eigenvalue weighted by Crippen LogP contribution is 2.25. The average molecular weight is 305 g/mol. The number of amides is 1. The Morgan fingerprint density at radius 3 is 2.62 bits per heavy atom. The molecule has 1 amide bonds. The molecule has 1 unspecified atom stereocenters. The van der Waals surface area contributed by atoms with Crippen molar-refractivity contribution in [2.75, 3.05) is 0 Å². The van der Waals surface area contributed by atoms with Crippen LogP contribution in [0.25, 0.3) is 0 Å². The summed E-state index contributed by atoms with van der Waals surface area (Å²) in [5, 5.41) is 7.60. The van der Waals surface area contributed by atoms with Gasteiger partial charge in [-0.2, -0.15) is 5.10 Å². The number of hydrogen-bond donors (Lipinski definition) is 2. The molecule has 1 aliphatic heterocycles. The van der Waals surface area contributed by atoms with Crippen LogP contribution in [0.5, 0.6) is 0 Å². The summed E-state index contributed by atoms with van der Waals surface area (Å²) in [5.41, 5.74) is 3.83. The van der Waals surface area contributed by atoms with Gasteiger partial charge < -0.3 is 0 Å². The number of aromatic nitrogens is 2. The van der Waals surface area contributed by atoms with Crippen LogP contribution in [0.3, 0.4) is 0 Å². The molecule has 0 bridgehead atoms. The maximum atomic E-state index is 12.0. The van der Waals surface area contributed by atoms with Crippen LogP contribution in [-0.4, -0.2) is 21.5 Å². The molecule has 21 heavy (non-hydrogen) atoms. The third kappa shape index (κ3) is 2.62. The molecule has 3 rings (SSSR count). The SMILES string of the molecule is Cc1cc(=O)n(C2=NNC(=O)CC2c2ccc(Cl)cc2)[nH]1. The van der Waals surface area contributed by atoms with E-state index < -0.39 is 0 Å². The standard InChI is InChI=1S/C14H13ClN4O2/c1-8-6-13(21)19(18-8)14-11(7-12(20)16-17-14)9-2-4-10(15)5-3-9/h2-6,11,18H,7H2,1H3,(H,16,20). The van der Waals surface area contributed by atoms with E-state index >= 15 is 0 Å². The molecule has 108 valence electrons. The predicted octanol–water partition coefficient (Wildman–Crippen LogP) is 1.60. The summed E-state index contributed by atoms with van der Waals surface area (Å²) >= 11 is 5.89. The second-order valence-corrected chi connectivity index (χ2v) is 5.36. The highest BCUT2D eigenvalue weighted by atomic mass is 35.5. The molecule has 1 aliphatic rings. The van der Waals surface area contributed by atoms with Gasteiger partial charge >= 0.3 is 0 Å². The lowest BCUT2D eigenvalue weighted by Crippen LogP contribution is -2.39. The zero-order valence-electron chi connectivity index (χ0n) is 11.3. The molecule has 1 atom stereocenters. The van der Waals surface area contributed by atoms with Crippen LogP contribution in [-0.2, 0) is 4.79 Å². The van der Waals surface area contributed by atoms with E-state index in [1.807, 2.05) is 12.1 Å². The van der Waals surface area contributed by atoms with Gasteiger partial charge in [-0.1, -0.05) is 23.7 Å². The molecule has 2 heterocycles. The predicted molar refractivity (Wildman–Crippen MR) is 79.6 cm³/mol. The lowest BCUT2D eigenvalue weighted by molar-refractivity contribution is -0.121. The fourth-order valence-corrected chi connectivity index (χ4v) is 2.50. The molecule has 6 nitrogen and oxygen atoms in total. The maximum absolute atomic E-state index is 12.0. The topological polar surface area (TPSA) is 79.2 Å².